The quantitative estimate of drug-likeness (QED) is 0.265. The third kappa shape index (κ3) is 6.99. The van der Waals surface area contributed by atoms with E-state index in [0.717, 1.165) is 12.1 Å². The van der Waals surface area contributed by atoms with E-state index in [1.807, 2.05) is 0 Å². The largest absolute Gasteiger partial charge is 0.411 e. The van der Waals surface area contributed by atoms with Gasteiger partial charge in [0.2, 0.25) is 0 Å². The molecule has 0 aliphatic carbocycles. The van der Waals surface area contributed by atoms with Crippen molar-refractivity contribution in [1.82, 2.24) is 0 Å². The van der Waals surface area contributed by atoms with Crippen LogP contribution in [0, 0.1) is 17.0 Å². The lowest BCUT2D eigenvalue weighted by Gasteiger charge is -2.14. The number of benzene rings is 2. The van der Waals surface area contributed by atoms with Gasteiger partial charge in [-0.25, -0.2) is 8.78 Å². The Balaban J connectivity index is 2.22. The standard InChI is InChI=1S/C19H18F5N3O/c20-14-8-12(5-6-28-11-19(22,23)24)7-13(9-14)17(10-18(25)26)27-16-4-2-1-3-15(16)21/h1-4,7-10,27H,5-6,11H2,(H3,25,26)/b17-10-. The molecule has 0 aromatic heterocycles. The van der Waals surface area contributed by atoms with Crippen molar-refractivity contribution in [3.05, 3.63) is 71.3 Å². The van der Waals surface area contributed by atoms with Gasteiger partial charge in [0.25, 0.3) is 0 Å². The Morgan fingerprint density at radius 2 is 1.86 bits per heavy atom. The zero-order chi connectivity index (χ0) is 20.7. The Hall–Kier alpha value is -2.94. The van der Waals surface area contributed by atoms with E-state index in [1.54, 1.807) is 6.07 Å². The van der Waals surface area contributed by atoms with E-state index in [-0.39, 0.29) is 35.8 Å². The first-order valence-electron chi connectivity index (χ1n) is 8.15. The van der Waals surface area contributed by atoms with Gasteiger partial charge < -0.3 is 15.8 Å². The summed E-state index contributed by atoms with van der Waals surface area (Å²) >= 11 is 0. The summed E-state index contributed by atoms with van der Waals surface area (Å²) in [6.45, 7) is -1.64. The second kappa shape index (κ2) is 9.32. The molecular formula is C19H18F5N3O. The highest BCUT2D eigenvalue weighted by atomic mass is 19.4. The number of anilines is 1. The summed E-state index contributed by atoms with van der Waals surface area (Å²) in [6, 6.07) is 9.57. The Labute approximate surface area is 158 Å². The summed E-state index contributed by atoms with van der Waals surface area (Å²) in [5.41, 5.74) is 6.27. The molecular weight excluding hydrogens is 381 g/mol. The molecule has 0 amide bonds. The highest BCUT2D eigenvalue weighted by molar-refractivity contribution is 5.98. The number of halogens is 5. The second-order valence-electron chi connectivity index (χ2n) is 5.88. The minimum Gasteiger partial charge on any atom is -0.384 e. The van der Waals surface area contributed by atoms with Gasteiger partial charge in [-0.3, -0.25) is 5.41 Å². The zero-order valence-electron chi connectivity index (χ0n) is 14.6. The molecule has 2 rings (SSSR count). The maximum absolute atomic E-state index is 14.0. The SMILES string of the molecule is N=C(N)/C=C(\Nc1ccccc1F)c1cc(F)cc(CCOCC(F)(F)F)c1. The van der Waals surface area contributed by atoms with E-state index in [0.29, 0.717) is 5.56 Å². The zero-order valence-corrected chi connectivity index (χ0v) is 14.6. The molecule has 0 spiro atoms. The summed E-state index contributed by atoms with van der Waals surface area (Å²) in [4.78, 5) is 0. The summed E-state index contributed by atoms with van der Waals surface area (Å²) in [6.07, 6.45) is -3.22. The summed E-state index contributed by atoms with van der Waals surface area (Å²) < 4.78 is 68.8. The molecule has 0 heterocycles. The van der Waals surface area contributed by atoms with Crippen molar-refractivity contribution in [3.63, 3.8) is 0 Å². The van der Waals surface area contributed by atoms with Gasteiger partial charge in [-0.05, 0) is 42.3 Å². The number of alkyl halides is 3. The van der Waals surface area contributed by atoms with Crippen LogP contribution in [0.25, 0.3) is 5.70 Å². The lowest BCUT2D eigenvalue weighted by atomic mass is 10.0. The fourth-order valence-electron chi connectivity index (χ4n) is 2.38. The Bertz CT molecular complexity index is 865. The average molecular weight is 399 g/mol. The first-order chi connectivity index (χ1) is 13.1. The fraction of sp³-hybridized carbons (Fsp3) is 0.211. The first-order valence-corrected chi connectivity index (χ1v) is 8.15. The monoisotopic (exact) mass is 399 g/mol. The lowest BCUT2D eigenvalue weighted by molar-refractivity contribution is -0.173. The molecule has 9 heteroatoms. The molecule has 0 saturated heterocycles. The topological polar surface area (TPSA) is 71.1 Å². The highest BCUT2D eigenvalue weighted by Crippen LogP contribution is 2.23. The van der Waals surface area contributed by atoms with Crippen molar-refractivity contribution in [2.45, 2.75) is 12.6 Å². The van der Waals surface area contributed by atoms with Crippen LogP contribution in [-0.4, -0.2) is 25.2 Å². The maximum Gasteiger partial charge on any atom is 0.411 e. The number of ether oxygens (including phenoxy) is 1. The van der Waals surface area contributed by atoms with Crippen molar-refractivity contribution in [2.75, 3.05) is 18.5 Å². The van der Waals surface area contributed by atoms with Crippen LogP contribution in [0.4, 0.5) is 27.6 Å². The summed E-state index contributed by atoms with van der Waals surface area (Å²) in [5.74, 6) is -1.56. The molecule has 0 atom stereocenters. The predicted octanol–water partition coefficient (Wildman–Crippen LogP) is 4.48. The van der Waals surface area contributed by atoms with Crippen molar-refractivity contribution >= 4 is 17.2 Å². The van der Waals surface area contributed by atoms with Gasteiger partial charge in [-0.1, -0.05) is 12.1 Å². The maximum atomic E-state index is 14.0. The van der Waals surface area contributed by atoms with E-state index in [9.17, 15) is 22.0 Å². The minimum absolute atomic E-state index is 0.0356. The molecule has 150 valence electrons. The van der Waals surface area contributed by atoms with Crippen LogP contribution in [0.3, 0.4) is 0 Å². The third-order valence-corrected chi connectivity index (χ3v) is 3.51. The van der Waals surface area contributed by atoms with Gasteiger partial charge in [-0.15, -0.1) is 0 Å². The normalized spacial score (nSPS) is 12.1. The lowest BCUT2D eigenvalue weighted by Crippen LogP contribution is -2.18. The molecule has 0 saturated carbocycles. The number of amidine groups is 1. The van der Waals surface area contributed by atoms with Crippen LogP contribution < -0.4 is 11.1 Å². The van der Waals surface area contributed by atoms with Crippen LogP contribution in [0.5, 0.6) is 0 Å². The van der Waals surface area contributed by atoms with E-state index in [4.69, 9.17) is 11.1 Å². The molecule has 0 fully saturated rings. The molecule has 0 aliphatic heterocycles. The van der Waals surface area contributed by atoms with Gasteiger partial charge in [0.1, 0.15) is 24.1 Å². The molecule has 2 aromatic carbocycles. The van der Waals surface area contributed by atoms with Crippen LogP contribution in [0.2, 0.25) is 0 Å². The smallest absolute Gasteiger partial charge is 0.384 e. The van der Waals surface area contributed by atoms with Crippen molar-refractivity contribution in [1.29, 1.82) is 5.41 Å². The van der Waals surface area contributed by atoms with Crippen LogP contribution in [0.1, 0.15) is 11.1 Å². The number of rotatable bonds is 8. The van der Waals surface area contributed by atoms with Gasteiger partial charge in [-0.2, -0.15) is 13.2 Å². The molecule has 4 nitrogen and oxygen atoms in total. The van der Waals surface area contributed by atoms with Crippen molar-refractivity contribution in [3.8, 4) is 0 Å². The molecule has 0 aliphatic rings. The molecule has 4 N–H and O–H groups in total. The minimum atomic E-state index is -4.44. The van der Waals surface area contributed by atoms with Gasteiger partial charge in [0.05, 0.1) is 12.3 Å². The van der Waals surface area contributed by atoms with Crippen molar-refractivity contribution < 1.29 is 26.7 Å². The molecule has 28 heavy (non-hydrogen) atoms. The number of nitrogens with one attached hydrogen (secondary N) is 2. The van der Waals surface area contributed by atoms with Gasteiger partial charge >= 0.3 is 6.18 Å². The Kier molecular flexibility index (Phi) is 7.11. The first kappa shape index (κ1) is 21.4. The second-order valence-corrected chi connectivity index (χ2v) is 5.88. The Morgan fingerprint density at radius 3 is 2.50 bits per heavy atom. The number of hydrogen-bond acceptors (Lipinski definition) is 3. The average Bonchev–Trinajstić information content (AvgIpc) is 2.58. The summed E-state index contributed by atoms with van der Waals surface area (Å²) in [7, 11) is 0. The number of hydrogen-bond donors (Lipinski definition) is 3. The van der Waals surface area contributed by atoms with E-state index in [1.165, 1.54) is 30.3 Å². The van der Waals surface area contributed by atoms with E-state index < -0.39 is 24.4 Å². The fourth-order valence-corrected chi connectivity index (χ4v) is 2.38. The highest BCUT2D eigenvalue weighted by Gasteiger charge is 2.27. The van der Waals surface area contributed by atoms with E-state index >= 15 is 0 Å². The van der Waals surface area contributed by atoms with Crippen molar-refractivity contribution in [2.24, 2.45) is 5.73 Å². The van der Waals surface area contributed by atoms with Crippen LogP contribution in [0.15, 0.2) is 48.5 Å². The summed E-state index contributed by atoms with van der Waals surface area (Å²) in [5, 5.41) is 10.2. The van der Waals surface area contributed by atoms with Gasteiger partial charge in [0, 0.05) is 17.3 Å². The molecule has 0 unspecified atom stereocenters. The Morgan fingerprint density at radius 1 is 1.14 bits per heavy atom. The van der Waals surface area contributed by atoms with Gasteiger partial charge in [0.15, 0.2) is 0 Å². The molecule has 2 aromatic rings. The molecule has 0 radical (unpaired) electrons. The van der Waals surface area contributed by atoms with E-state index in [2.05, 4.69) is 10.1 Å². The third-order valence-electron chi connectivity index (χ3n) is 3.51. The number of para-hydroxylation sites is 1. The van der Waals surface area contributed by atoms with Crippen LogP contribution >= 0.6 is 0 Å². The number of nitrogens with two attached hydrogens (primary N) is 1. The molecule has 0 bridgehead atoms. The predicted molar refractivity (Wildman–Crippen MR) is 96.9 cm³/mol. The van der Waals surface area contributed by atoms with Crippen LogP contribution in [-0.2, 0) is 11.2 Å².